The number of H-pyrrole nitrogens is 1. The number of hydrogen-bond donors (Lipinski definition) is 1. The molecule has 0 fully saturated rings. The van der Waals surface area contributed by atoms with E-state index >= 15 is 0 Å². The SMILES string of the molecule is CCc1ccc(-c2c(C#N)c(N)[nH+]c3c2CCCCC3)s1. The Morgan fingerprint density at radius 3 is 2.81 bits per heavy atom. The van der Waals surface area contributed by atoms with Crippen molar-refractivity contribution in [3.8, 4) is 16.5 Å². The molecule has 21 heavy (non-hydrogen) atoms. The molecule has 0 bridgehead atoms. The third-order valence-corrected chi connectivity index (χ3v) is 5.44. The molecule has 2 heterocycles. The van der Waals surface area contributed by atoms with Crippen molar-refractivity contribution in [2.75, 3.05) is 5.73 Å². The highest BCUT2D eigenvalue weighted by Gasteiger charge is 2.24. The first-order valence-corrected chi connectivity index (χ1v) is 8.42. The fourth-order valence-electron chi connectivity index (χ4n) is 3.10. The van der Waals surface area contributed by atoms with E-state index in [2.05, 4.69) is 30.1 Å². The van der Waals surface area contributed by atoms with E-state index in [1.807, 2.05) is 0 Å². The van der Waals surface area contributed by atoms with E-state index in [1.165, 1.54) is 40.3 Å². The van der Waals surface area contributed by atoms with Crippen molar-refractivity contribution >= 4 is 17.2 Å². The topological polar surface area (TPSA) is 64.0 Å². The fourth-order valence-corrected chi connectivity index (χ4v) is 4.12. The van der Waals surface area contributed by atoms with E-state index in [1.54, 1.807) is 11.3 Å². The maximum Gasteiger partial charge on any atom is 0.289 e. The lowest BCUT2D eigenvalue weighted by molar-refractivity contribution is -0.373. The molecular formula is C17H20N3S+. The van der Waals surface area contributed by atoms with Crippen LogP contribution in [-0.2, 0) is 19.3 Å². The lowest BCUT2D eigenvalue weighted by Gasteiger charge is -2.11. The number of nitrogen functional groups attached to an aromatic ring is 1. The number of nitrogens with one attached hydrogen (secondary N) is 1. The standard InChI is InChI=1S/C17H19N3S/c1-2-11-8-9-15(21-11)16-12-6-4-3-5-7-14(12)20-17(19)13(16)10-18/h8-9H,2-7H2,1H3,(H2,19,20)/p+1. The average molecular weight is 298 g/mol. The quantitative estimate of drug-likeness (QED) is 0.862. The van der Waals surface area contributed by atoms with Crippen LogP contribution in [0.3, 0.4) is 0 Å². The van der Waals surface area contributed by atoms with Crippen LogP contribution in [0.2, 0.25) is 0 Å². The number of nitrogens with zero attached hydrogens (tertiary/aromatic N) is 1. The molecule has 1 aliphatic rings. The molecule has 0 radical (unpaired) electrons. The molecule has 0 aromatic carbocycles. The van der Waals surface area contributed by atoms with Gasteiger partial charge in [0.2, 0.25) is 0 Å². The van der Waals surface area contributed by atoms with Gasteiger partial charge in [-0.05, 0) is 37.8 Å². The zero-order chi connectivity index (χ0) is 14.8. The van der Waals surface area contributed by atoms with E-state index in [0.29, 0.717) is 11.4 Å². The van der Waals surface area contributed by atoms with E-state index < -0.39 is 0 Å². The molecule has 0 saturated heterocycles. The van der Waals surface area contributed by atoms with Crippen molar-refractivity contribution in [1.29, 1.82) is 5.26 Å². The third kappa shape index (κ3) is 2.54. The summed E-state index contributed by atoms with van der Waals surface area (Å²) in [6.07, 6.45) is 6.73. The Morgan fingerprint density at radius 1 is 1.29 bits per heavy atom. The Labute approximate surface area is 129 Å². The molecule has 0 unspecified atom stereocenters. The van der Waals surface area contributed by atoms with Gasteiger partial charge in [-0.1, -0.05) is 13.3 Å². The smallest absolute Gasteiger partial charge is 0.286 e. The molecule has 3 nitrogen and oxygen atoms in total. The number of anilines is 1. The monoisotopic (exact) mass is 298 g/mol. The van der Waals surface area contributed by atoms with Crippen molar-refractivity contribution in [3.05, 3.63) is 33.8 Å². The van der Waals surface area contributed by atoms with Crippen LogP contribution < -0.4 is 10.7 Å². The molecule has 2 aromatic rings. The second-order valence-corrected chi connectivity index (χ2v) is 6.71. The van der Waals surface area contributed by atoms with Crippen LogP contribution in [0.4, 0.5) is 5.82 Å². The molecule has 108 valence electrons. The number of rotatable bonds is 2. The van der Waals surface area contributed by atoms with Crippen molar-refractivity contribution in [2.24, 2.45) is 0 Å². The van der Waals surface area contributed by atoms with Crippen LogP contribution in [0.5, 0.6) is 0 Å². The van der Waals surface area contributed by atoms with Gasteiger partial charge < -0.3 is 0 Å². The van der Waals surface area contributed by atoms with Crippen LogP contribution in [0.25, 0.3) is 10.4 Å². The van der Waals surface area contributed by atoms with Gasteiger partial charge in [0.15, 0.2) is 0 Å². The predicted octanol–water partition coefficient (Wildman–Crippen LogP) is 3.51. The van der Waals surface area contributed by atoms with Gasteiger partial charge in [0.25, 0.3) is 5.82 Å². The summed E-state index contributed by atoms with van der Waals surface area (Å²) in [6.45, 7) is 2.16. The number of nitriles is 1. The maximum absolute atomic E-state index is 9.55. The summed E-state index contributed by atoms with van der Waals surface area (Å²) in [4.78, 5) is 5.81. The van der Waals surface area contributed by atoms with Gasteiger partial charge in [-0.25, -0.2) is 4.98 Å². The number of thiophene rings is 1. The van der Waals surface area contributed by atoms with Gasteiger partial charge >= 0.3 is 0 Å². The molecule has 0 atom stereocenters. The van der Waals surface area contributed by atoms with E-state index in [9.17, 15) is 5.26 Å². The maximum atomic E-state index is 9.55. The molecule has 0 amide bonds. The van der Waals surface area contributed by atoms with Crippen molar-refractivity contribution in [1.82, 2.24) is 0 Å². The van der Waals surface area contributed by atoms with Gasteiger partial charge in [-0.15, -0.1) is 11.3 Å². The first-order valence-electron chi connectivity index (χ1n) is 7.60. The number of nitrogens with two attached hydrogens (primary N) is 1. The largest absolute Gasteiger partial charge is 0.289 e. The van der Waals surface area contributed by atoms with Crippen molar-refractivity contribution < 1.29 is 4.98 Å². The van der Waals surface area contributed by atoms with Gasteiger partial charge in [-0.3, -0.25) is 5.73 Å². The Hall–Kier alpha value is -1.86. The van der Waals surface area contributed by atoms with Crippen LogP contribution in [0.15, 0.2) is 12.1 Å². The molecular weight excluding hydrogens is 278 g/mol. The highest BCUT2D eigenvalue weighted by atomic mass is 32.1. The second kappa shape index (κ2) is 5.87. The number of fused-ring (bicyclic) bond motifs is 1. The highest BCUT2D eigenvalue weighted by Crippen LogP contribution is 2.37. The molecule has 4 heteroatoms. The first-order chi connectivity index (χ1) is 10.2. The van der Waals surface area contributed by atoms with Gasteiger partial charge in [-0.2, -0.15) is 5.26 Å². The molecule has 0 aliphatic heterocycles. The average Bonchev–Trinajstić information content (AvgIpc) is 2.84. The summed E-state index contributed by atoms with van der Waals surface area (Å²) >= 11 is 1.78. The Balaban J connectivity index is 2.25. The zero-order valence-electron chi connectivity index (χ0n) is 12.3. The van der Waals surface area contributed by atoms with Crippen molar-refractivity contribution in [3.63, 3.8) is 0 Å². The molecule has 1 aliphatic carbocycles. The minimum Gasteiger partial charge on any atom is -0.286 e. The van der Waals surface area contributed by atoms with Crippen LogP contribution in [-0.4, -0.2) is 0 Å². The number of pyridine rings is 1. The number of aryl methyl sites for hydroxylation is 2. The van der Waals surface area contributed by atoms with Crippen LogP contribution in [0, 0.1) is 11.3 Å². The number of hydrogen-bond acceptors (Lipinski definition) is 3. The van der Waals surface area contributed by atoms with E-state index in [-0.39, 0.29) is 0 Å². The molecule has 3 rings (SSSR count). The summed E-state index contributed by atoms with van der Waals surface area (Å²) in [5.41, 5.74) is 10.3. The molecule has 0 spiro atoms. The van der Waals surface area contributed by atoms with E-state index in [4.69, 9.17) is 5.73 Å². The van der Waals surface area contributed by atoms with Crippen LogP contribution >= 0.6 is 11.3 Å². The lowest BCUT2D eigenvalue weighted by Crippen LogP contribution is -2.21. The summed E-state index contributed by atoms with van der Waals surface area (Å²) in [7, 11) is 0. The fraction of sp³-hybridized carbons (Fsp3) is 0.412. The molecule has 0 saturated carbocycles. The molecule has 2 aromatic heterocycles. The normalized spacial score (nSPS) is 14.3. The highest BCUT2D eigenvalue weighted by molar-refractivity contribution is 7.15. The summed E-state index contributed by atoms with van der Waals surface area (Å²) in [5, 5.41) is 9.55. The lowest BCUT2D eigenvalue weighted by atomic mass is 9.96. The number of aromatic nitrogens is 1. The summed E-state index contributed by atoms with van der Waals surface area (Å²) in [6, 6.07) is 6.62. The molecule has 3 N–H and O–H groups in total. The third-order valence-electron chi connectivity index (χ3n) is 4.19. The van der Waals surface area contributed by atoms with Gasteiger partial charge in [0.05, 0.1) is 0 Å². The summed E-state index contributed by atoms with van der Waals surface area (Å²) in [5.74, 6) is 0.514. The van der Waals surface area contributed by atoms with Gasteiger partial charge in [0.1, 0.15) is 17.3 Å². The number of aromatic amines is 1. The first kappa shape index (κ1) is 14.1. The Kier molecular flexibility index (Phi) is 3.94. The van der Waals surface area contributed by atoms with Crippen LogP contribution in [0.1, 0.15) is 47.9 Å². The zero-order valence-corrected chi connectivity index (χ0v) is 13.1. The Morgan fingerprint density at radius 2 is 2.10 bits per heavy atom. The van der Waals surface area contributed by atoms with Crippen molar-refractivity contribution in [2.45, 2.75) is 45.4 Å². The summed E-state index contributed by atoms with van der Waals surface area (Å²) < 4.78 is 0. The minimum atomic E-state index is 0.514. The minimum absolute atomic E-state index is 0.514. The van der Waals surface area contributed by atoms with E-state index in [0.717, 1.165) is 24.8 Å². The Bertz CT molecular complexity index is 710. The predicted molar refractivity (Wildman–Crippen MR) is 86.1 cm³/mol. The van der Waals surface area contributed by atoms with Gasteiger partial charge in [0, 0.05) is 27.3 Å². The second-order valence-electron chi connectivity index (χ2n) is 5.54.